The summed E-state index contributed by atoms with van der Waals surface area (Å²) in [6.45, 7) is 7.11. The fraction of sp³-hybridized carbons (Fsp3) is 0.786. The molecule has 1 aromatic rings. The van der Waals surface area contributed by atoms with Crippen molar-refractivity contribution in [3.05, 3.63) is 12.0 Å². The van der Waals surface area contributed by atoms with E-state index in [0.29, 0.717) is 12.4 Å². The lowest BCUT2D eigenvalue weighted by molar-refractivity contribution is 0.282. The predicted octanol–water partition coefficient (Wildman–Crippen LogP) is 1.27. The van der Waals surface area contributed by atoms with Crippen molar-refractivity contribution in [3.8, 4) is 0 Å². The number of rotatable bonds is 5. The van der Waals surface area contributed by atoms with E-state index in [9.17, 15) is 8.42 Å². The van der Waals surface area contributed by atoms with Crippen LogP contribution in [0.5, 0.6) is 0 Å². The molecular weight excluding hydrogens is 288 g/mol. The Hall–Kier alpha value is -0.920. The van der Waals surface area contributed by atoms with Crippen molar-refractivity contribution < 1.29 is 8.42 Å². The summed E-state index contributed by atoms with van der Waals surface area (Å²) in [6.07, 6.45) is 4.95. The van der Waals surface area contributed by atoms with Crippen molar-refractivity contribution in [1.29, 1.82) is 0 Å². The molecule has 1 unspecified atom stereocenters. The zero-order valence-electron chi connectivity index (χ0n) is 13.3. The van der Waals surface area contributed by atoms with Crippen LogP contribution < -0.4 is 5.32 Å². The lowest BCUT2D eigenvalue weighted by Gasteiger charge is -2.31. The van der Waals surface area contributed by atoms with Crippen LogP contribution in [0.2, 0.25) is 0 Å². The fourth-order valence-electron chi connectivity index (χ4n) is 2.65. The first-order chi connectivity index (χ1) is 9.82. The van der Waals surface area contributed by atoms with Crippen LogP contribution >= 0.6 is 0 Å². The van der Waals surface area contributed by atoms with E-state index in [-0.39, 0.29) is 17.1 Å². The van der Waals surface area contributed by atoms with Crippen LogP contribution in [-0.2, 0) is 17.1 Å². The van der Waals surface area contributed by atoms with Gasteiger partial charge >= 0.3 is 0 Å². The van der Waals surface area contributed by atoms with Crippen LogP contribution in [0.25, 0.3) is 0 Å². The molecule has 1 aliphatic rings. The minimum Gasteiger partial charge on any atom is -0.337 e. The molecule has 0 radical (unpaired) electrons. The third kappa shape index (κ3) is 3.64. The number of imidazole rings is 1. The van der Waals surface area contributed by atoms with Crippen LogP contribution in [0.15, 0.2) is 11.2 Å². The minimum absolute atomic E-state index is 0.0824. The van der Waals surface area contributed by atoms with E-state index in [1.165, 1.54) is 6.42 Å². The molecule has 1 saturated heterocycles. The average molecular weight is 314 g/mol. The fourth-order valence-corrected chi connectivity index (χ4v) is 4.36. The van der Waals surface area contributed by atoms with E-state index in [2.05, 4.69) is 10.3 Å². The van der Waals surface area contributed by atoms with Gasteiger partial charge in [0, 0.05) is 31.9 Å². The molecule has 1 aliphatic heterocycles. The first-order valence-corrected chi connectivity index (χ1v) is 9.01. The van der Waals surface area contributed by atoms with Crippen molar-refractivity contribution in [2.75, 3.05) is 13.1 Å². The van der Waals surface area contributed by atoms with Gasteiger partial charge in [0.05, 0.1) is 0 Å². The molecule has 0 bridgehead atoms. The van der Waals surface area contributed by atoms with E-state index in [4.69, 9.17) is 0 Å². The molecule has 2 rings (SSSR count). The molecule has 0 saturated carbocycles. The Morgan fingerprint density at radius 2 is 2.19 bits per heavy atom. The van der Waals surface area contributed by atoms with Gasteiger partial charge in [0.2, 0.25) is 0 Å². The summed E-state index contributed by atoms with van der Waals surface area (Å²) in [4.78, 5) is 4.19. The maximum absolute atomic E-state index is 12.8. The first kappa shape index (κ1) is 16.5. The highest BCUT2D eigenvalue weighted by Gasteiger charge is 2.31. The zero-order valence-corrected chi connectivity index (χ0v) is 14.2. The highest BCUT2D eigenvalue weighted by Crippen LogP contribution is 2.19. The number of hydrogen-bond acceptors (Lipinski definition) is 4. The first-order valence-electron chi connectivity index (χ1n) is 7.57. The second kappa shape index (κ2) is 6.46. The van der Waals surface area contributed by atoms with Crippen LogP contribution in [-0.4, -0.2) is 47.4 Å². The van der Waals surface area contributed by atoms with E-state index in [0.717, 1.165) is 19.4 Å². The van der Waals surface area contributed by atoms with Gasteiger partial charge in [-0.1, -0.05) is 6.42 Å². The molecule has 21 heavy (non-hydrogen) atoms. The summed E-state index contributed by atoms with van der Waals surface area (Å²) in [7, 11) is -1.73. The molecule has 0 amide bonds. The molecule has 1 N–H and O–H groups in total. The van der Waals surface area contributed by atoms with E-state index >= 15 is 0 Å². The summed E-state index contributed by atoms with van der Waals surface area (Å²) in [5.41, 5.74) is 0. The van der Waals surface area contributed by atoms with Gasteiger partial charge < -0.3 is 9.88 Å². The Labute approximate surface area is 127 Å². The van der Waals surface area contributed by atoms with Crippen molar-refractivity contribution in [1.82, 2.24) is 19.2 Å². The Bertz CT molecular complexity index is 554. The maximum Gasteiger partial charge on any atom is 0.262 e. The number of nitrogens with one attached hydrogen (secondary N) is 1. The van der Waals surface area contributed by atoms with E-state index in [1.54, 1.807) is 22.0 Å². The quantitative estimate of drug-likeness (QED) is 0.889. The molecule has 0 aliphatic carbocycles. The largest absolute Gasteiger partial charge is 0.337 e. The zero-order chi connectivity index (χ0) is 15.6. The van der Waals surface area contributed by atoms with Crippen molar-refractivity contribution in [3.63, 3.8) is 0 Å². The monoisotopic (exact) mass is 314 g/mol. The Balaban J connectivity index is 2.23. The highest BCUT2D eigenvalue weighted by molar-refractivity contribution is 7.89. The molecule has 7 heteroatoms. The molecule has 1 fully saturated rings. The Kier molecular flexibility index (Phi) is 5.06. The second-order valence-corrected chi connectivity index (χ2v) is 7.89. The molecule has 6 nitrogen and oxygen atoms in total. The lowest BCUT2D eigenvalue weighted by Crippen LogP contribution is -2.48. The van der Waals surface area contributed by atoms with Crippen molar-refractivity contribution in [2.45, 2.75) is 57.1 Å². The normalized spacial score (nSPS) is 20.4. The summed E-state index contributed by atoms with van der Waals surface area (Å²) >= 11 is 0. The van der Waals surface area contributed by atoms with Gasteiger partial charge in [-0.3, -0.25) is 0 Å². The second-order valence-electron chi connectivity index (χ2n) is 6.05. The standard InChI is InChI=1S/C14H26N4O2S/c1-11(2)18(9-13-7-5-6-8-15-13)21(19,20)14-10-17(4)12(3)16-14/h10-11,13,15H,5-9H2,1-4H3. The topological polar surface area (TPSA) is 67.2 Å². The number of hydrogen-bond donors (Lipinski definition) is 1. The molecule has 1 atom stereocenters. The summed E-state index contributed by atoms with van der Waals surface area (Å²) in [5.74, 6) is 0.702. The van der Waals surface area contributed by atoms with Crippen molar-refractivity contribution >= 4 is 10.0 Å². The molecule has 1 aromatic heterocycles. The number of piperidine rings is 1. The number of nitrogens with zero attached hydrogens (tertiary/aromatic N) is 3. The Morgan fingerprint density at radius 3 is 2.67 bits per heavy atom. The third-order valence-corrected chi connectivity index (χ3v) is 5.96. The van der Waals surface area contributed by atoms with Crippen LogP contribution in [0, 0.1) is 6.92 Å². The Morgan fingerprint density at radius 1 is 1.48 bits per heavy atom. The van der Waals surface area contributed by atoms with Crippen LogP contribution in [0.3, 0.4) is 0 Å². The smallest absolute Gasteiger partial charge is 0.262 e. The molecule has 0 aromatic carbocycles. The molecule has 120 valence electrons. The van der Waals surface area contributed by atoms with E-state index < -0.39 is 10.0 Å². The van der Waals surface area contributed by atoms with Gasteiger partial charge in [-0.25, -0.2) is 13.4 Å². The number of sulfonamides is 1. The SMILES string of the molecule is Cc1nc(S(=O)(=O)N(CC2CCCCN2)C(C)C)cn1C. The van der Waals surface area contributed by atoms with Gasteiger partial charge in [0.15, 0.2) is 5.03 Å². The summed E-state index contributed by atoms with van der Waals surface area (Å²) in [5, 5.41) is 3.56. The predicted molar refractivity (Wildman–Crippen MR) is 82.6 cm³/mol. The third-order valence-electron chi connectivity index (χ3n) is 4.05. The van der Waals surface area contributed by atoms with E-state index in [1.807, 2.05) is 20.9 Å². The number of aromatic nitrogens is 2. The molecular formula is C14H26N4O2S. The maximum atomic E-state index is 12.8. The van der Waals surface area contributed by atoms with Gasteiger partial charge in [-0.05, 0) is 40.2 Å². The minimum atomic E-state index is -3.54. The van der Waals surface area contributed by atoms with Gasteiger partial charge in [0.25, 0.3) is 10.0 Å². The van der Waals surface area contributed by atoms with Crippen LogP contribution in [0.4, 0.5) is 0 Å². The van der Waals surface area contributed by atoms with Crippen LogP contribution in [0.1, 0.15) is 38.9 Å². The lowest BCUT2D eigenvalue weighted by atomic mass is 10.1. The highest BCUT2D eigenvalue weighted by atomic mass is 32.2. The van der Waals surface area contributed by atoms with Crippen molar-refractivity contribution in [2.24, 2.45) is 7.05 Å². The summed E-state index contributed by atoms with van der Waals surface area (Å²) < 4.78 is 29.0. The molecule has 2 heterocycles. The van der Waals surface area contributed by atoms with Gasteiger partial charge in [-0.2, -0.15) is 4.31 Å². The summed E-state index contributed by atoms with van der Waals surface area (Å²) in [6, 6.07) is 0.154. The average Bonchev–Trinajstić information content (AvgIpc) is 2.77. The number of aryl methyl sites for hydroxylation is 2. The molecule has 0 spiro atoms. The van der Waals surface area contributed by atoms with Gasteiger partial charge in [-0.15, -0.1) is 0 Å². The van der Waals surface area contributed by atoms with Gasteiger partial charge in [0.1, 0.15) is 5.82 Å².